The molecular formula is C21H22F2N4O3. The molecule has 0 aliphatic heterocycles. The molecule has 0 spiro atoms. The standard InChI is InChI=1S/C21H22F2N4O3/c1-14(15-4-6-16(7-5-15)20(28)26(2)30-3)21(29,11-27-13-24-12-25-27)18-9-8-17(22)10-19(18)23/h4-10,12-14,29H,11H2,1-3H3. The van der Waals surface area contributed by atoms with Gasteiger partial charge in [-0.15, -0.1) is 0 Å². The van der Waals surface area contributed by atoms with Crippen molar-refractivity contribution < 1.29 is 23.5 Å². The van der Waals surface area contributed by atoms with E-state index in [1.165, 1.54) is 37.6 Å². The van der Waals surface area contributed by atoms with Gasteiger partial charge in [0, 0.05) is 30.2 Å². The first-order chi connectivity index (χ1) is 14.3. The number of nitrogens with zero attached hydrogens (tertiary/aromatic N) is 4. The Hall–Kier alpha value is -3.17. The summed E-state index contributed by atoms with van der Waals surface area (Å²) in [5.41, 5.74) is -0.785. The van der Waals surface area contributed by atoms with Crippen LogP contribution in [0.3, 0.4) is 0 Å². The highest BCUT2D eigenvalue weighted by atomic mass is 19.1. The molecule has 30 heavy (non-hydrogen) atoms. The van der Waals surface area contributed by atoms with E-state index in [4.69, 9.17) is 4.84 Å². The van der Waals surface area contributed by atoms with Crippen molar-refractivity contribution in [2.24, 2.45) is 0 Å². The topological polar surface area (TPSA) is 80.5 Å². The number of rotatable bonds is 7. The van der Waals surface area contributed by atoms with E-state index >= 15 is 0 Å². The summed E-state index contributed by atoms with van der Waals surface area (Å²) in [6.07, 6.45) is 2.71. The molecule has 9 heteroatoms. The monoisotopic (exact) mass is 416 g/mol. The Balaban J connectivity index is 2.00. The molecule has 0 radical (unpaired) electrons. The van der Waals surface area contributed by atoms with Crippen LogP contribution in [0, 0.1) is 11.6 Å². The molecule has 2 atom stereocenters. The molecule has 0 aliphatic rings. The molecule has 1 aromatic heterocycles. The Labute approximate surface area is 172 Å². The number of hydrogen-bond donors (Lipinski definition) is 1. The van der Waals surface area contributed by atoms with Crippen LogP contribution in [0.1, 0.15) is 34.3 Å². The van der Waals surface area contributed by atoms with Crippen molar-refractivity contribution in [2.45, 2.75) is 25.0 Å². The highest BCUT2D eigenvalue weighted by Crippen LogP contribution is 2.39. The molecule has 158 valence electrons. The SMILES string of the molecule is CON(C)C(=O)c1ccc(C(C)C(O)(Cn2cncn2)c2ccc(F)cc2F)cc1. The highest BCUT2D eigenvalue weighted by Gasteiger charge is 2.40. The molecule has 1 N–H and O–H groups in total. The molecule has 1 heterocycles. The molecule has 0 aliphatic carbocycles. The number of halogens is 2. The third kappa shape index (κ3) is 4.22. The highest BCUT2D eigenvalue weighted by molar-refractivity contribution is 5.93. The summed E-state index contributed by atoms with van der Waals surface area (Å²) in [6, 6.07) is 9.60. The van der Waals surface area contributed by atoms with Crippen molar-refractivity contribution >= 4 is 5.91 Å². The fraction of sp³-hybridized carbons (Fsp3) is 0.286. The Morgan fingerprint density at radius 2 is 1.97 bits per heavy atom. The fourth-order valence-corrected chi connectivity index (χ4v) is 3.31. The second-order valence-electron chi connectivity index (χ2n) is 6.97. The Kier molecular flexibility index (Phi) is 6.23. The van der Waals surface area contributed by atoms with Crippen LogP contribution in [0.4, 0.5) is 8.78 Å². The van der Waals surface area contributed by atoms with Gasteiger partial charge < -0.3 is 5.11 Å². The van der Waals surface area contributed by atoms with E-state index in [-0.39, 0.29) is 18.0 Å². The number of aliphatic hydroxyl groups is 1. The minimum Gasteiger partial charge on any atom is -0.382 e. The van der Waals surface area contributed by atoms with Gasteiger partial charge in [-0.3, -0.25) is 9.63 Å². The Morgan fingerprint density at radius 1 is 1.27 bits per heavy atom. The largest absolute Gasteiger partial charge is 0.382 e. The van der Waals surface area contributed by atoms with Gasteiger partial charge in [0.25, 0.3) is 5.91 Å². The lowest BCUT2D eigenvalue weighted by molar-refractivity contribution is -0.0757. The molecular weight excluding hydrogens is 394 g/mol. The number of hydroxylamine groups is 2. The number of hydrogen-bond acceptors (Lipinski definition) is 5. The third-order valence-electron chi connectivity index (χ3n) is 5.20. The number of benzene rings is 2. The normalized spacial score (nSPS) is 14.2. The van der Waals surface area contributed by atoms with Gasteiger partial charge in [0.1, 0.15) is 29.9 Å². The predicted octanol–water partition coefficient (Wildman–Crippen LogP) is 2.88. The van der Waals surface area contributed by atoms with E-state index in [1.54, 1.807) is 31.2 Å². The molecule has 0 saturated carbocycles. The van der Waals surface area contributed by atoms with Gasteiger partial charge in [-0.25, -0.2) is 23.5 Å². The van der Waals surface area contributed by atoms with Gasteiger partial charge in [0.15, 0.2) is 0 Å². The van der Waals surface area contributed by atoms with Crippen LogP contribution in [0.2, 0.25) is 0 Å². The number of aromatic nitrogens is 3. The Morgan fingerprint density at radius 3 is 2.53 bits per heavy atom. The summed E-state index contributed by atoms with van der Waals surface area (Å²) in [5, 5.41) is 16.7. The van der Waals surface area contributed by atoms with Crippen molar-refractivity contribution in [2.75, 3.05) is 14.2 Å². The van der Waals surface area contributed by atoms with Crippen molar-refractivity contribution in [3.8, 4) is 0 Å². The maximum absolute atomic E-state index is 14.6. The van der Waals surface area contributed by atoms with Crippen LogP contribution in [-0.4, -0.2) is 45.0 Å². The maximum Gasteiger partial charge on any atom is 0.277 e. The molecule has 0 bridgehead atoms. The summed E-state index contributed by atoms with van der Waals surface area (Å²) in [5.74, 6) is -2.57. The van der Waals surface area contributed by atoms with Crippen LogP contribution >= 0.6 is 0 Å². The van der Waals surface area contributed by atoms with Crippen LogP contribution < -0.4 is 0 Å². The van der Waals surface area contributed by atoms with Gasteiger partial charge in [-0.1, -0.05) is 25.1 Å². The summed E-state index contributed by atoms with van der Waals surface area (Å²) >= 11 is 0. The van der Waals surface area contributed by atoms with Gasteiger partial charge >= 0.3 is 0 Å². The number of carbonyl (C=O) groups is 1. The van der Waals surface area contributed by atoms with E-state index in [9.17, 15) is 18.7 Å². The lowest BCUT2D eigenvalue weighted by Crippen LogP contribution is -2.38. The zero-order chi connectivity index (χ0) is 21.9. The first-order valence-corrected chi connectivity index (χ1v) is 9.18. The smallest absolute Gasteiger partial charge is 0.277 e. The second kappa shape index (κ2) is 8.68. The molecule has 1 amide bonds. The summed E-state index contributed by atoms with van der Waals surface area (Å²) in [6.45, 7) is 1.61. The Bertz CT molecular complexity index is 1010. The van der Waals surface area contributed by atoms with E-state index in [1.807, 2.05) is 0 Å². The first kappa shape index (κ1) is 21.5. The van der Waals surface area contributed by atoms with E-state index < -0.39 is 23.2 Å². The van der Waals surface area contributed by atoms with E-state index in [2.05, 4.69) is 10.1 Å². The molecule has 2 unspecified atom stereocenters. The molecule has 0 fully saturated rings. The summed E-state index contributed by atoms with van der Waals surface area (Å²) in [7, 11) is 2.88. The molecule has 0 saturated heterocycles. The van der Waals surface area contributed by atoms with Gasteiger partial charge in [-0.2, -0.15) is 5.10 Å². The zero-order valence-corrected chi connectivity index (χ0v) is 16.8. The van der Waals surface area contributed by atoms with Crippen LogP contribution in [0.15, 0.2) is 55.1 Å². The quantitative estimate of drug-likeness (QED) is 0.599. The maximum atomic E-state index is 14.6. The average Bonchev–Trinajstić information content (AvgIpc) is 3.24. The van der Waals surface area contributed by atoms with Crippen LogP contribution in [0.5, 0.6) is 0 Å². The second-order valence-corrected chi connectivity index (χ2v) is 6.97. The molecule has 7 nitrogen and oxygen atoms in total. The van der Waals surface area contributed by atoms with E-state index in [0.29, 0.717) is 11.1 Å². The third-order valence-corrected chi connectivity index (χ3v) is 5.20. The van der Waals surface area contributed by atoms with Crippen LogP contribution in [0.25, 0.3) is 0 Å². The molecule has 2 aromatic carbocycles. The predicted molar refractivity (Wildman–Crippen MR) is 104 cm³/mol. The lowest BCUT2D eigenvalue weighted by Gasteiger charge is -2.35. The minimum atomic E-state index is -1.76. The first-order valence-electron chi connectivity index (χ1n) is 9.18. The fourth-order valence-electron chi connectivity index (χ4n) is 3.31. The van der Waals surface area contributed by atoms with Crippen molar-refractivity contribution in [3.05, 3.63) is 83.4 Å². The van der Waals surface area contributed by atoms with Crippen molar-refractivity contribution in [1.82, 2.24) is 19.8 Å². The average molecular weight is 416 g/mol. The lowest BCUT2D eigenvalue weighted by atomic mass is 9.78. The van der Waals surface area contributed by atoms with Crippen molar-refractivity contribution in [3.63, 3.8) is 0 Å². The zero-order valence-electron chi connectivity index (χ0n) is 16.8. The number of amides is 1. The summed E-state index contributed by atoms with van der Waals surface area (Å²) < 4.78 is 29.5. The van der Waals surface area contributed by atoms with E-state index in [0.717, 1.165) is 17.2 Å². The van der Waals surface area contributed by atoms with Gasteiger partial charge in [0.05, 0.1) is 13.7 Å². The van der Waals surface area contributed by atoms with Crippen LogP contribution in [-0.2, 0) is 17.0 Å². The molecule has 3 rings (SSSR count). The van der Waals surface area contributed by atoms with Crippen molar-refractivity contribution in [1.29, 1.82) is 0 Å². The number of carbonyl (C=O) groups excluding carboxylic acids is 1. The van der Waals surface area contributed by atoms with Gasteiger partial charge in [-0.05, 0) is 23.8 Å². The molecule has 3 aromatic rings. The minimum absolute atomic E-state index is 0.0637. The van der Waals surface area contributed by atoms with Gasteiger partial charge in [0.2, 0.25) is 0 Å². The summed E-state index contributed by atoms with van der Waals surface area (Å²) in [4.78, 5) is 21.0.